The van der Waals surface area contributed by atoms with Gasteiger partial charge in [0.05, 0.1) is 14.2 Å². The molecule has 3 aromatic rings. The van der Waals surface area contributed by atoms with Gasteiger partial charge in [0.15, 0.2) is 0 Å². The molecule has 1 saturated carbocycles. The molecule has 3 atom stereocenters. The summed E-state index contributed by atoms with van der Waals surface area (Å²) in [6.07, 6.45) is 2.00. The van der Waals surface area contributed by atoms with Crippen LogP contribution in [0.15, 0.2) is 66.7 Å². The third-order valence-electron chi connectivity index (χ3n) is 6.46. The van der Waals surface area contributed by atoms with E-state index in [4.69, 9.17) is 14.2 Å². The van der Waals surface area contributed by atoms with Crippen molar-refractivity contribution in [1.29, 1.82) is 0 Å². The average Bonchev–Trinajstić information content (AvgIpc) is 3.28. The van der Waals surface area contributed by atoms with Gasteiger partial charge >= 0.3 is 0 Å². The molecule has 5 rings (SSSR count). The fourth-order valence-electron chi connectivity index (χ4n) is 5.28. The van der Waals surface area contributed by atoms with E-state index in [1.54, 1.807) is 26.4 Å². The van der Waals surface area contributed by atoms with Crippen LogP contribution in [0, 0.1) is 0 Å². The molecule has 1 aliphatic heterocycles. The monoisotopic (exact) mass is 388 g/mol. The Balaban J connectivity index is 1.72. The molecule has 0 saturated heterocycles. The van der Waals surface area contributed by atoms with Gasteiger partial charge in [-0.3, -0.25) is 0 Å². The fourth-order valence-corrected chi connectivity index (χ4v) is 5.28. The van der Waals surface area contributed by atoms with Crippen molar-refractivity contribution >= 4 is 0 Å². The van der Waals surface area contributed by atoms with Crippen molar-refractivity contribution in [2.75, 3.05) is 14.2 Å². The molecule has 0 bridgehead atoms. The van der Waals surface area contributed by atoms with E-state index in [1.165, 1.54) is 5.56 Å². The summed E-state index contributed by atoms with van der Waals surface area (Å²) < 4.78 is 17.8. The maximum atomic E-state index is 10.2. The van der Waals surface area contributed by atoms with Crippen LogP contribution >= 0.6 is 0 Å². The molecule has 4 nitrogen and oxygen atoms in total. The Morgan fingerprint density at radius 2 is 1.62 bits per heavy atom. The molecule has 0 aromatic heterocycles. The van der Waals surface area contributed by atoms with Crippen LogP contribution in [0.25, 0.3) is 0 Å². The molecule has 3 unspecified atom stereocenters. The van der Waals surface area contributed by atoms with Crippen molar-refractivity contribution in [3.8, 4) is 23.0 Å². The summed E-state index contributed by atoms with van der Waals surface area (Å²) >= 11 is 0. The number of aromatic hydroxyl groups is 1. The predicted molar refractivity (Wildman–Crippen MR) is 111 cm³/mol. The third-order valence-corrected chi connectivity index (χ3v) is 6.46. The molecule has 3 aromatic carbocycles. The second-order valence-corrected chi connectivity index (χ2v) is 7.78. The van der Waals surface area contributed by atoms with Crippen molar-refractivity contribution in [2.24, 2.45) is 0 Å². The summed E-state index contributed by atoms with van der Waals surface area (Å²) in [5.41, 5.74) is 2.89. The first kappa shape index (κ1) is 17.9. The van der Waals surface area contributed by atoms with Crippen molar-refractivity contribution in [3.63, 3.8) is 0 Å². The van der Waals surface area contributed by atoms with Crippen molar-refractivity contribution in [1.82, 2.24) is 0 Å². The van der Waals surface area contributed by atoms with Gasteiger partial charge in [-0.15, -0.1) is 0 Å². The second kappa shape index (κ2) is 6.73. The smallest absolute Gasteiger partial charge is 0.148 e. The van der Waals surface area contributed by atoms with Gasteiger partial charge in [-0.05, 0) is 36.1 Å². The second-order valence-electron chi connectivity index (χ2n) is 7.78. The lowest BCUT2D eigenvalue weighted by Crippen LogP contribution is -2.36. The minimum atomic E-state index is -0.545. The molecule has 0 amide bonds. The van der Waals surface area contributed by atoms with E-state index in [-0.39, 0.29) is 17.6 Å². The van der Waals surface area contributed by atoms with E-state index in [2.05, 4.69) is 36.4 Å². The van der Waals surface area contributed by atoms with Crippen LogP contribution in [-0.4, -0.2) is 19.3 Å². The number of hydrogen-bond acceptors (Lipinski definition) is 4. The number of phenolic OH excluding ortho intramolecular Hbond substituents is 1. The zero-order chi connectivity index (χ0) is 20.0. The molecule has 2 aliphatic rings. The maximum absolute atomic E-state index is 10.2. The summed E-state index contributed by atoms with van der Waals surface area (Å²) in [4.78, 5) is 0. The Morgan fingerprint density at radius 1 is 0.897 bits per heavy atom. The first-order valence-electron chi connectivity index (χ1n) is 9.96. The van der Waals surface area contributed by atoms with Gasteiger partial charge < -0.3 is 19.3 Å². The molecule has 4 heteroatoms. The molecule has 148 valence electrons. The number of methoxy groups -OCH3 is 2. The van der Waals surface area contributed by atoms with E-state index in [9.17, 15) is 5.11 Å². The largest absolute Gasteiger partial charge is 0.508 e. The summed E-state index contributed by atoms with van der Waals surface area (Å²) in [6.45, 7) is 0. The summed E-state index contributed by atoms with van der Waals surface area (Å²) in [6, 6.07) is 22.1. The van der Waals surface area contributed by atoms with E-state index >= 15 is 0 Å². The average molecular weight is 388 g/mol. The standard InChI is InChI=1S/C25H24O4/c1-27-19-10-8-17(9-11-19)25-20(16-6-4-3-5-7-16)12-13-21(25)24-22(28-2)14-18(26)15-23(24)29-25/h3-11,14-15,20-21,26H,12-13H2,1-2H3. The zero-order valence-corrected chi connectivity index (χ0v) is 16.6. The van der Waals surface area contributed by atoms with Crippen LogP contribution in [0.3, 0.4) is 0 Å². The van der Waals surface area contributed by atoms with E-state index in [0.717, 1.165) is 29.7 Å². The van der Waals surface area contributed by atoms with Crippen LogP contribution in [0.5, 0.6) is 23.0 Å². The minimum absolute atomic E-state index is 0.145. The van der Waals surface area contributed by atoms with Gasteiger partial charge in [0.25, 0.3) is 0 Å². The summed E-state index contributed by atoms with van der Waals surface area (Å²) in [7, 11) is 3.32. The minimum Gasteiger partial charge on any atom is -0.508 e. The molecule has 1 aliphatic carbocycles. The number of fused-ring (bicyclic) bond motifs is 3. The highest BCUT2D eigenvalue weighted by molar-refractivity contribution is 5.59. The highest BCUT2D eigenvalue weighted by Gasteiger charge is 2.60. The Labute approximate surface area is 170 Å². The lowest BCUT2D eigenvalue weighted by atomic mass is 9.74. The quantitative estimate of drug-likeness (QED) is 0.654. The lowest BCUT2D eigenvalue weighted by Gasteiger charge is -2.36. The maximum Gasteiger partial charge on any atom is 0.148 e. The van der Waals surface area contributed by atoms with Crippen molar-refractivity contribution in [2.45, 2.75) is 30.3 Å². The van der Waals surface area contributed by atoms with Crippen LogP contribution in [-0.2, 0) is 5.60 Å². The Bertz CT molecular complexity index is 1030. The van der Waals surface area contributed by atoms with Crippen LogP contribution in [0.4, 0.5) is 0 Å². The number of rotatable bonds is 4. The first-order chi connectivity index (χ1) is 14.2. The third kappa shape index (κ3) is 2.59. The highest BCUT2D eigenvalue weighted by Crippen LogP contribution is 2.66. The number of hydrogen-bond donors (Lipinski definition) is 1. The van der Waals surface area contributed by atoms with Crippen molar-refractivity contribution < 1.29 is 19.3 Å². The number of ether oxygens (including phenoxy) is 3. The van der Waals surface area contributed by atoms with E-state index < -0.39 is 5.60 Å². The molecule has 1 fully saturated rings. The normalized spacial score (nSPS) is 24.5. The Kier molecular flexibility index (Phi) is 4.16. The summed E-state index contributed by atoms with van der Waals surface area (Å²) in [5, 5.41) is 10.2. The van der Waals surface area contributed by atoms with Gasteiger partial charge in [-0.2, -0.15) is 0 Å². The molecule has 0 spiro atoms. The molecular formula is C25H24O4. The SMILES string of the molecule is COc1ccc(C23Oc4cc(O)cc(OC)c4C2CCC3c2ccccc2)cc1. The topological polar surface area (TPSA) is 47.9 Å². The van der Waals surface area contributed by atoms with Crippen LogP contribution in [0.1, 0.15) is 41.4 Å². The van der Waals surface area contributed by atoms with Crippen LogP contribution in [0.2, 0.25) is 0 Å². The Morgan fingerprint density at radius 3 is 2.31 bits per heavy atom. The van der Waals surface area contributed by atoms with E-state index in [1.807, 2.05) is 18.2 Å². The Hall–Kier alpha value is -3.14. The van der Waals surface area contributed by atoms with Crippen LogP contribution < -0.4 is 14.2 Å². The van der Waals surface area contributed by atoms with Gasteiger partial charge in [-0.1, -0.05) is 42.5 Å². The molecule has 0 radical (unpaired) electrons. The van der Waals surface area contributed by atoms with Gasteiger partial charge in [0.1, 0.15) is 28.6 Å². The number of phenols is 1. The predicted octanol–water partition coefficient (Wildman–Crippen LogP) is 5.36. The highest BCUT2D eigenvalue weighted by atomic mass is 16.5. The van der Waals surface area contributed by atoms with E-state index in [0.29, 0.717) is 11.5 Å². The molecule has 29 heavy (non-hydrogen) atoms. The first-order valence-corrected chi connectivity index (χ1v) is 9.96. The molecule has 1 heterocycles. The lowest BCUT2D eigenvalue weighted by molar-refractivity contribution is 0.0639. The summed E-state index contributed by atoms with van der Waals surface area (Å²) in [5.74, 6) is 2.72. The van der Waals surface area contributed by atoms with Gasteiger partial charge in [0.2, 0.25) is 0 Å². The fraction of sp³-hybridized carbons (Fsp3) is 0.280. The molecule has 1 N–H and O–H groups in total. The number of benzene rings is 3. The van der Waals surface area contributed by atoms with Gasteiger partial charge in [-0.25, -0.2) is 0 Å². The zero-order valence-electron chi connectivity index (χ0n) is 16.6. The van der Waals surface area contributed by atoms with Crippen molar-refractivity contribution in [3.05, 3.63) is 83.4 Å². The molecular weight excluding hydrogens is 364 g/mol. The van der Waals surface area contributed by atoms with Gasteiger partial charge in [0, 0.05) is 29.5 Å².